The fraction of sp³-hybridized carbons (Fsp3) is 0.571. The summed E-state index contributed by atoms with van der Waals surface area (Å²) in [5, 5.41) is 11.4. The van der Waals surface area contributed by atoms with Crippen LogP contribution in [0.15, 0.2) is 24.3 Å². The van der Waals surface area contributed by atoms with E-state index in [0.717, 1.165) is 47.3 Å². The molecule has 2 amide bonds. The van der Waals surface area contributed by atoms with Crippen LogP contribution in [-0.2, 0) is 9.59 Å². The van der Waals surface area contributed by atoms with Crippen LogP contribution in [0.25, 0.3) is 10.2 Å². The van der Waals surface area contributed by atoms with Crippen molar-refractivity contribution in [1.82, 2.24) is 14.9 Å². The Labute approximate surface area is 169 Å². The molecule has 0 radical (unpaired) electrons. The van der Waals surface area contributed by atoms with E-state index >= 15 is 0 Å². The third-order valence-corrected chi connectivity index (χ3v) is 7.24. The number of hydroxylamine groups is 2. The number of thiazole rings is 1. The minimum absolute atomic E-state index is 0.000600. The summed E-state index contributed by atoms with van der Waals surface area (Å²) in [6, 6.07) is 8.06. The van der Waals surface area contributed by atoms with Crippen molar-refractivity contribution in [3.05, 3.63) is 29.3 Å². The van der Waals surface area contributed by atoms with Gasteiger partial charge in [-0.1, -0.05) is 37.8 Å². The van der Waals surface area contributed by atoms with Crippen LogP contribution in [-0.4, -0.2) is 45.6 Å². The molecular formula is C21H27N3O3S. The van der Waals surface area contributed by atoms with Crippen LogP contribution in [0.3, 0.4) is 0 Å². The van der Waals surface area contributed by atoms with Crippen LogP contribution in [0.5, 0.6) is 0 Å². The zero-order chi connectivity index (χ0) is 19.5. The number of carbonyl (C=O) groups is 2. The van der Waals surface area contributed by atoms with Crippen molar-refractivity contribution >= 4 is 33.9 Å². The first-order valence-electron chi connectivity index (χ1n) is 10.2. The Balaban J connectivity index is 1.54. The third kappa shape index (κ3) is 4.05. The molecule has 28 heavy (non-hydrogen) atoms. The van der Waals surface area contributed by atoms with Gasteiger partial charge in [0.25, 0.3) is 0 Å². The number of rotatable bonds is 7. The van der Waals surface area contributed by atoms with E-state index in [1.54, 1.807) is 11.3 Å². The van der Waals surface area contributed by atoms with Gasteiger partial charge in [-0.15, -0.1) is 11.3 Å². The number of likely N-dealkylation sites (tertiary alicyclic amines) is 1. The number of amides is 2. The molecule has 1 saturated carbocycles. The van der Waals surface area contributed by atoms with E-state index in [1.807, 2.05) is 23.1 Å². The Hall–Kier alpha value is -1.99. The highest BCUT2D eigenvalue weighted by atomic mass is 32.1. The van der Waals surface area contributed by atoms with Gasteiger partial charge >= 0.3 is 0 Å². The molecule has 1 N–H and O–H groups in total. The maximum atomic E-state index is 13.4. The topological polar surface area (TPSA) is 73.7 Å². The second kappa shape index (κ2) is 8.57. The lowest BCUT2D eigenvalue weighted by atomic mass is 9.91. The summed E-state index contributed by atoms with van der Waals surface area (Å²) in [4.78, 5) is 31.1. The lowest BCUT2D eigenvalue weighted by Gasteiger charge is -2.30. The molecule has 1 aliphatic carbocycles. The van der Waals surface area contributed by atoms with Gasteiger partial charge in [0.05, 0.1) is 28.7 Å². The number of hydrogen-bond acceptors (Lipinski definition) is 5. The fourth-order valence-corrected chi connectivity index (χ4v) is 5.84. The van der Waals surface area contributed by atoms with Crippen molar-refractivity contribution < 1.29 is 14.8 Å². The molecule has 1 saturated heterocycles. The van der Waals surface area contributed by atoms with Crippen molar-refractivity contribution in [2.45, 2.75) is 51.0 Å². The van der Waals surface area contributed by atoms with Crippen LogP contribution in [0.1, 0.15) is 56.0 Å². The van der Waals surface area contributed by atoms with Crippen LogP contribution in [0.4, 0.5) is 0 Å². The zero-order valence-electron chi connectivity index (χ0n) is 16.0. The largest absolute Gasteiger partial charge is 0.333 e. The number of fused-ring (bicyclic) bond motifs is 1. The Kier molecular flexibility index (Phi) is 5.92. The molecule has 1 aromatic heterocycles. The van der Waals surface area contributed by atoms with Gasteiger partial charge in [-0.05, 0) is 37.3 Å². The first kappa shape index (κ1) is 19.3. The Morgan fingerprint density at radius 1 is 1.29 bits per heavy atom. The first-order valence-corrected chi connectivity index (χ1v) is 11.0. The van der Waals surface area contributed by atoms with Gasteiger partial charge in [0, 0.05) is 6.54 Å². The standard InChI is InChI=1S/C21H27N3O3S/c25-14-23(27)13-16(12-15-6-1-2-7-15)21(26)24-11-5-9-18(24)20-22-17-8-3-4-10-19(17)28-20/h3-4,8,10,14-16,18,27H,1-2,5-7,9,11-13H2. The van der Waals surface area contributed by atoms with Gasteiger partial charge in [-0.3, -0.25) is 14.8 Å². The summed E-state index contributed by atoms with van der Waals surface area (Å²) in [6.07, 6.45) is 7.70. The van der Waals surface area contributed by atoms with Gasteiger partial charge in [0.2, 0.25) is 12.3 Å². The summed E-state index contributed by atoms with van der Waals surface area (Å²) in [6.45, 7) is 0.787. The van der Waals surface area contributed by atoms with Gasteiger partial charge in [0.15, 0.2) is 0 Å². The van der Waals surface area contributed by atoms with Gasteiger partial charge in [0.1, 0.15) is 5.01 Å². The van der Waals surface area contributed by atoms with Crippen molar-refractivity contribution in [3.8, 4) is 0 Å². The van der Waals surface area contributed by atoms with Crippen molar-refractivity contribution in [2.24, 2.45) is 11.8 Å². The molecular weight excluding hydrogens is 374 g/mol. The minimum atomic E-state index is -0.353. The van der Waals surface area contributed by atoms with E-state index in [2.05, 4.69) is 6.07 Å². The first-order chi connectivity index (χ1) is 13.7. The molecule has 7 heteroatoms. The van der Waals surface area contributed by atoms with Crippen molar-refractivity contribution in [3.63, 3.8) is 0 Å². The molecule has 150 valence electrons. The average molecular weight is 402 g/mol. The summed E-state index contributed by atoms with van der Waals surface area (Å²) in [7, 11) is 0. The van der Waals surface area contributed by atoms with E-state index in [4.69, 9.17) is 4.98 Å². The maximum Gasteiger partial charge on any atom is 0.233 e. The van der Waals surface area contributed by atoms with Gasteiger partial charge in [-0.2, -0.15) is 0 Å². The predicted molar refractivity (Wildman–Crippen MR) is 108 cm³/mol. The molecule has 2 aromatic rings. The van der Waals surface area contributed by atoms with Crippen LogP contribution >= 0.6 is 11.3 Å². The molecule has 2 fully saturated rings. The Morgan fingerprint density at radius 3 is 2.82 bits per heavy atom. The summed E-state index contributed by atoms with van der Waals surface area (Å²) in [5.74, 6) is 0.209. The Bertz CT molecular complexity index is 800. The molecule has 2 unspecified atom stereocenters. The van der Waals surface area contributed by atoms with E-state index in [1.165, 1.54) is 12.8 Å². The monoisotopic (exact) mass is 401 g/mol. The average Bonchev–Trinajstić information content (AvgIpc) is 3.45. The molecule has 4 rings (SSSR count). The number of para-hydroxylation sites is 1. The molecule has 2 heterocycles. The second-order valence-corrected chi connectivity index (χ2v) is 9.08. The summed E-state index contributed by atoms with van der Waals surface area (Å²) >= 11 is 1.66. The number of carbonyl (C=O) groups excluding carboxylic acids is 2. The molecule has 1 aliphatic heterocycles. The fourth-order valence-electron chi connectivity index (χ4n) is 4.73. The highest BCUT2D eigenvalue weighted by Gasteiger charge is 2.37. The lowest BCUT2D eigenvalue weighted by Crippen LogP contribution is -2.41. The quantitative estimate of drug-likeness (QED) is 0.432. The van der Waals surface area contributed by atoms with E-state index in [0.29, 0.717) is 23.9 Å². The number of aromatic nitrogens is 1. The predicted octanol–water partition coefficient (Wildman–Crippen LogP) is 4.00. The molecule has 2 aliphatic rings. The van der Waals surface area contributed by atoms with Crippen LogP contribution < -0.4 is 0 Å². The highest BCUT2D eigenvalue weighted by Crippen LogP contribution is 2.38. The van der Waals surface area contributed by atoms with Crippen molar-refractivity contribution in [1.29, 1.82) is 0 Å². The molecule has 2 atom stereocenters. The molecule has 6 nitrogen and oxygen atoms in total. The van der Waals surface area contributed by atoms with E-state index in [-0.39, 0.29) is 24.4 Å². The summed E-state index contributed by atoms with van der Waals surface area (Å²) < 4.78 is 1.14. The highest BCUT2D eigenvalue weighted by molar-refractivity contribution is 7.18. The van der Waals surface area contributed by atoms with Gasteiger partial charge < -0.3 is 4.90 Å². The zero-order valence-corrected chi connectivity index (χ0v) is 16.8. The SMILES string of the molecule is O=CN(O)CC(CC1CCCC1)C(=O)N1CCCC1c1nc2ccccc2s1. The third-order valence-electron chi connectivity index (χ3n) is 6.10. The van der Waals surface area contributed by atoms with E-state index in [9.17, 15) is 14.8 Å². The van der Waals surface area contributed by atoms with Crippen molar-refractivity contribution in [2.75, 3.05) is 13.1 Å². The van der Waals surface area contributed by atoms with Crippen LogP contribution in [0.2, 0.25) is 0 Å². The lowest BCUT2D eigenvalue weighted by molar-refractivity contribution is -0.157. The maximum absolute atomic E-state index is 13.4. The number of hydrogen-bond donors (Lipinski definition) is 1. The van der Waals surface area contributed by atoms with Crippen LogP contribution in [0, 0.1) is 11.8 Å². The number of benzene rings is 1. The number of nitrogens with zero attached hydrogens (tertiary/aromatic N) is 3. The minimum Gasteiger partial charge on any atom is -0.333 e. The van der Waals surface area contributed by atoms with Gasteiger partial charge in [-0.25, -0.2) is 10.0 Å². The van der Waals surface area contributed by atoms with E-state index < -0.39 is 0 Å². The molecule has 1 aromatic carbocycles. The normalized spacial score (nSPS) is 21.3. The second-order valence-electron chi connectivity index (χ2n) is 8.02. The molecule has 0 bridgehead atoms. The Morgan fingerprint density at radius 2 is 2.07 bits per heavy atom. The summed E-state index contributed by atoms with van der Waals surface area (Å²) in [5.41, 5.74) is 0.979. The smallest absolute Gasteiger partial charge is 0.233 e. The molecule has 0 spiro atoms.